The van der Waals surface area contributed by atoms with Crippen LogP contribution >= 0.6 is 0 Å². The van der Waals surface area contributed by atoms with E-state index >= 15 is 26.3 Å². The van der Waals surface area contributed by atoms with Crippen LogP contribution in [0.5, 0.6) is 0 Å². The summed E-state index contributed by atoms with van der Waals surface area (Å²) in [6, 6.07) is 64.2. The highest BCUT2D eigenvalue weighted by Crippen LogP contribution is 2.49. The Balaban J connectivity index is 1.14. The van der Waals surface area contributed by atoms with Crippen LogP contribution in [-0.2, 0) is 12.4 Å². The standard InChI is InChI=1S/C61H35F6N5/c62-60(63,64)47-20-11-21-48(61(65,66)67)58(47)43-30-33-57(71-53-26-9-7-18-41(53)44-34-39(28-31-55(44)71)51-24-12-22-49(69-51)37-14-3-1-4-15-37)46(36-68)59(43)72-54-27-10-8-19-42(54)45-35-40(29-32-56(45)72)52-25-13-23-50(70-52)38-16-5-2-6-17-38/h1-35H. The summed E-state index contributed by atoms with van der Waals surface area (Å²) in [5.41, 5.74) is 4.01. The van der Waals surface area contributed by atoms with Crippen LogP contribution in [0.15, 0.2) is 212 Å². The van der Waals surface area contributed by atoms with E-state index in [9.17, 15) is 5.26 Å². The number of nitriles is 1. The summed E-state index contributed by atoms with van der Waals surface area (Å²) < 4.78 is 95.1. The average Bonchev–Trinajstić information content (AvgIpc) is 3.92. The molecule has 0 aliphatic rings. The van der Waals surface area contributed by atoms with Crippen molar-refractivity contribution in [2.45, 2.75) is 12.4 Å². The quantitative estimate of drug-likeness (QED) is 0.150. The van der Waals surface area contributed by atoms with Crippen LogP contribution in [0.2, 0.25) is 0 Å². The van der Waals surface area contributed by atoms with Gasteiger partial charge in [-0.15, -0.1) is 0 Å². The fourth-order valence-corrected chi connectivity index (χ4v) is 10.1. The van der Waals surface area contributed by atoms with Gasteiger partial charge < -0.3 is 9.13 Å². The smallest absolute Gasteiger partial charge is 0.308 e. The molecular formula is C61H35F6N5. The topological polar surface area (TPSA) is 59.4 Å². The summed E-state index contributed by atoms with van der Waals surface area (Å²) in [4.78, 5) is 9.96. The molecule has 0 amide bonds. The number of alkyl halides is 6. The lowest BCUT2D eigenvalue weighted by Gasteiger charge is -2.24. The van der Waals surface area contributed by atoms with Crippen molar-refractivity contribution in [3.05, 3.63) is 229 Å². The zero-order chi connectivity index (χ0) is 49.3. The first-order chi connectivity index (χ1) is 35.0. The number of nitrogens with zero attached hydrogens (tertiary/aromatic N) is 5. The van der Waals surface area contributed by atoms with Gasteiger partial charge in [0.2, 0.25) is 0 Å². The normalized spacial score (nSPS) is 12.0. The van der Waals surface area contributed by atoms with Crippen molar-refractivity contribution in [1.82, 2.24) is 19.1 Å². The molecule has 0 spiro atoms. The van der Waals surface area contributed by atoms with Gasteiger partial charge >= 0.3 is 12.4 Å². The van der Waals surface area contributed by atoms with E-state index in [1.165, 1.54) is 12.1 Å². The van der Waals surface area contributed by atoms with Crippen molar-refractivity contribution < 1.29 is 26.3 Å². The van der Waals surface area contributed by atoms with Gasteiger partial charge in [0.15, 0.2) is 0 Å². The molecule has 5 nitrogen and oxygen atoms in total. The molecule has 72 heavy (non-hydrogen) atoms. The molecule has 11 heteroatoms. The Morgan fingerprint density at radius 3 is 1.28 bits per heavy atom. The number of hydrogen-bond acceptors (Lipinski definition) is 3. The molecule has 0 bridgehead atoms. The third kappa shape index (κ3) is 7.35. The number of fused-ring (bicyclic) bond motifs is 6. The van der Waals surface area contributed by atoms with Crippen LogP contribution in [0, 0.1) is 11.3 Å². The lowest BCUT2D eigenvalue weighted by molar-refractivity contribution is -0.142. The Hall–Kier alpha value is -9.27. The molecule has 0 fully saturated rings. The van der Waals surface area contributed by atoms with Crippen LogP contribution in [0.25, 0.3) is 111 Å². The van der Waals surface area contributed by atoms with Gasteiger partial charge in [-0.05, 0) is 78.9 Å². The maximum Gasteiger partial charge on any atom is 0.417 e. The van der Waals surface area contributed by atoms with Crippen LogP contribution in [0.4, 0.5) is 26.3 Å². The monoisotopic (exact) mass is 951 g/mol. The molecule has 0 atom stereocenters. The zero-order valence-electron chi connectivity index (χ0n) is 37.7. The molecular weight excluding hydrogens is 917 g/mol. The Morgan fingerprint density at radius 1 is 0.375 bits per heavy atom. The lowest BCUT2D eigenvalue weighted by Crippen LogP contribution is -2.16. The second-order valence-corrected chi connectivity index (χ2v) is 17.4. The van der Waals surface area contributed by atoms with Crippen LogP contribution in [0.1, 0.15) is 16.7 Å². The number of halogens is 6. The summed E-state index contributed by atoms with van der Waals surface area (Å²) in [5, 5.41) is 14.5. The lowest BCUT2D eigenvalue weighted by atomic mass is 9.90. The highest BCUT2D eigenvalue weighted by atomic mass is 19.4. The predicted molar refractivity (Wildman–Crippen MR) is 273 cm³/mol. The molecule has 0 radical (unpaired) electrons. The van der Waals surface area contributed by atoms with Gasteiger partial charge in [0.1, 0.15) is 11.6 Å². The van der Waals surface area contributed by atoms with Crippen molar-refractivity contribution in [3.63, 3.8) is 0 Å². The van der Waals surface area contributed by atoms with Crippen molar-refractivity contribution in [3.8, 4) is 73.6 Å². The van der Waals surface area contributed by atoms with Crippen LogP contribution in [-0.4, -0.2) is 19.1 Å². The maximum absolute atomic E-state index is 15.3. The van der Waals surface area contributed by atoms with E-state index in [4.69, 9.17) is 9.97 Å². The van der Waals surface area contributed by atoms with Gasteiger partial charge in [0.25, 0.3) is 0 Å². The molecule has 0 aliphatic carbocycles. The Bertz CT molecular complexity index is 4110. The second kappa shape index (κ2) is 17.0. The van der Waals surface area contributed by atoms with Gasteiger partial charge in [-0.1, -0.05) is 133 Å². The summed E-state index contributed by atoms with van der Waals surface area (Å²) in [6.07, 6.45) is -10.4. The minimum absolute atomic E-state index is 0.148. The maximum atomic E-state index is 15.3. The first kappa shape index (κ1) is 44.0. The zero-order valence-corrected chi connectivity index (χ0v) is 37.7. The summed E-state index contributed by atoms with van der Waals surface area (Å²) >= 11 is 0. The molecule has 4 heterocycles. The van der Waals surface area contributed by atoms with E-state index in [1.54, 1.807) is 22.8 Å². The van der Waals surface area contributed by atoms with Gasteiger partial charge in [-0.3, -0.25) is 0 Å². The number of para-hydroxylation sites is 2. The molecule has 0 saturated heterocycles. The SMILES string of the molecule is N#Cc1c(-n2c3ccccc3c3cc(-c4cccc(-c5ccccc5)n4)ccc32)ccc(-c2c(C(F)(F)F)cccc2C(F)(F)F)c1-n1c2ccccc2c2cc(-c3cccc(-c4ccccc4)n3)ccc21. The van der Waals surface area contributed by atoms with Crippen molar-refractivity contribution >= 4 is 43.6 Å². The van der Waals surface area contributed by atoms with E-state index in [0.717, 1.165) is 56.2 Å². The van der Waals surface area contributed by atoms with Gasteiger partial charge in [-0.2, -0.15) is 31.6 Å². The predicted octanol–water partition coefficient (Wildman–Crippen LogP) is 16.9. The minimum atomic E-state index is -5.21. The van der Waals surface area contributed by atoms with Crippen LogP contribution in [0.3, 0.4) is 0 Å². The number of pyridine rings is 2. The number of aromatic nitrogens is 4. The van der Waals surface area contributed by atoms with E-state index in [-0.39, 0.29) is 16.9 Å². The molecule has 346 valence electrons. The first-order valence-corrected chi connectivity index (χ1v) is 22.9. The van der Waals surface area contributed by atoms with E-state index in [1.807, 2.05) is 168 Å². The van der Waals surface area contributed by atoms with Gasteiger partial charge in [-0.25, -0.2) is 9.97 Å². The highest BCUT2D eigenvalue weighted by Gasteiger charge is 2.42. The van der Waals surface area contributed by atoms with Gasteiger partial charge in [0, 0.05) is 54.9 Å². The van der Waals surface area contributed by atoms with Crippen molar-refractivity contribution in [2.75, 3.05) is 0 Å². The van der Waals surface area contributed by atoms with E-state index in [2.05, 4.69) is 6.07 Å². The number of benzene rings is 8. The Kier molecular flexibility index (Phi) is 10.4. The van der Waals surface area contributed by atoms with E-state index in [0.29, 0.717) is 50.7 Å². The molecule has 8 aromatic carbocycles. The average molecular weight is 952 g/mol. The Morgan fingerprint density at radius 2 is 0.792 bits per heavy atom. The molecule has 4 aromatic heterocycles. The molecule has 0 N–H and O–H groups in total. The number of rotatable bonds is 7. The molecule has 12 rings (SSSR count). The first-order valence-electron chi connectivity index (χ1n) is 22.9. The highest BCUT2D eigenvalue weighted by molar-refractivity contribution is 6.13. The fourth-order valence-electron chi connectivity index (χ4n) is 10.1. The minimum Gasteiger partial charge on any atom is -0.308 e. The third-order valence-corrected chi connectivity index (χ3v) is 13.3. The van der Waals surface area contributed by atoms with Gasteiger partial charge in [0.05, 0.1) is 67.3 Å². The molecule has 12 aromatic rings. The summed E-state index contributed by atoms with van der Waals surface area (Å²) in [7, 11) is 0. The van der Waals surface area contributed by atoms with E-state index < -0.39 is 34.6 Å². The number of hydrogen-bond donors (Lipinski definition) is 0. The second-order valence-electron chi connectivity index (χ2n) is 17.4. The van der Waals surface area contributed by atoms with Crippen molar-refractivity contribution in [1.29, 1.82) is 5.26 Å². The summed E-state index contributed by atoms with van der Waals surface area (Å²) in [6.45, 7) is 0. The fraction of sp³-hybridized carbons (Fsp3) is 0.0328. The largest absolute Gasteiger partial charge is 0.417 e. The summed E-state index contributed by atoms with van der Waals surface area (Å²) in [5.74, 6) is 0. The third-order valence-electron chi connectivity index (χ3n) is 13.3. The molecule has 0 aliphatic heterocycles. The van der Waals surface area contributed by atoms with Crippen LogP contribution < -0.4 is 0 Å². The molecule has 0 unspecified atom stereocenters. The Labute approximate surface area is 407 Å². The van der Waals surface area contributed by atoms with Crippen molar-refractivity contribution in [2.24, 2.45) is 0 Å². The molecule has 0 saturated carbocycles.